The summed E-state index contributed by atoms with van der Waals surface area (Å²) in [6.45, 7) is 7.90. The number of carbonyl (C=O) groups is 3. The number of aryl methyl sites for hydroxylation is 2. The van der Waals surface area contributed by atoms with E-state index in [4.69, 9.17) is 14.2 Å². The molecule has 0 aromatic heterocycles. The van der Waals surface area contributed by atoms with Crippen LogP contribution < -0.4 is 20.1 Å². The van der Waals surface area contributed by atoms with Gasteiger partial charge in [0.15, 0.2) is 6.61 Å². The van der Waals surface area contributed by atoms with E-state index in [0.717, 1.165) is 28.0 Å². The fraction of sp³-hybridized carbons (Fsp3) is 0.250. The molecule has 8 nitrogen and oxygen atoms in total. The van der Waals surface area contributed by atoms with E-state index in [1.807, 2.05) is 45.0 Å². The van der Waals surface area contributed by atoms with Crippen molar-refractivity contribution >= 4 is 23.7 Å². The number of benzene rings is 3. The Morgan fingerprint density at radius 1 is 0.861 bits per heavy atom. The lowest BCUT2D eigenvalue weighted by Crippen LogP contribution is -2.29. The van der Waals surface area contributed by atoms with Crippen molar-refractivity contribution in [2.75, 3.05) is 18.5 Å². The maximum Gasteiger partial charge on any atom is 0.513 e. The maximum absolute atomic E-state index is 12.7. The lowest BCUT2D eigenvalue weighted by Gasteiger charge is -2.15. The molecule has 0 atom stereocenters. The summed E-state index contributed by atoms with van der Waals surface area (Å²) in [5.74, 6) is 0.377. The second-order valence-corrected chi connectivity index (χ2v) is 8.14. The molecule has 0 aliphatic rings. The first kappa shape index (κ1) is 26.3. The lowest BCUT2D eigenvalue weighted by atomic mass is 10.1. The van der Waals surface area contributed by atoms with Gasteiger partial charge in [-0.3, -0.25) is 9.59 Å². The van der Waals surface area contributed by atoms with Gasteiger partial charge < -0.3 is 24.8 Å². The third-order valence-electron chi connectivity index (χ3n) is 5.54. The molecule has 0 heterocycles. The Morgan fingerprint density at radius 2 is 1.56 bits per heavy atom. The Hall–Kier alpha value is -4.33. The van der Waals surface area contributed by atoms with E-state index in [-0.39, 0.29) is 37.3 Å². The predicted molar refractivity (Wildman–Crippen MR) is 136 cm³/mol. The molecule has 3 rings (SSSR count). The molecule has 3 aromatic rings. The number of ether oxygens (including phenoxy) is 3. The van der Waals surface area contributed by atoms with Crippen LogP contribution in [0.25, 0.3) is 0 Å². The van der Waals surface area contributed by atoms with E-state index in [1.54, 1.807) is 31.2 Å². The van der Waals surface area contributed by atoms with E-state index in [1.165, 1.54) is 12.1 Å². The van der Waals surface area contributed by atoms with Gasteiger partial charge in [0, 0.05) is 17.8 Å². The molecule has 2 N–H and O–H groups in total. The van der Waals surface area contributed by atoms with Crippen LogP contribution in [0.4, 0.5) is 10.5 Å². The SMILES string of the molecule is CCOC(=O)Oc1ccc(C(=O)Nc2ccccc2CNC(=O)COc2c(C)ccc(C)c2C)cc1. The number of amides is 2. The Kier molecular flexibility index (Phi) is 9.05. The Labute approximate surface area is 210 Å². The highest BCUT2D eigenvalue weighted by atomic mass is 16.7. The van der Waals surface area contributed by atoms with Crippen LogP contribution in [0.5, 0.6) is 11.5 Å². The average Bonchev–Trinajstić information content (AvgIpc) is 2.86. The topological polar surface area (TPSA) is 103 Å². The van der Waals surface area contributed by atoms with Crippen LogP contribution in [-0.2, 0) is 16.1 Å². The Balaban J connectivity index is 1.57. The van der Waals surface area contributed by atoms with Gasteiger partial charge in [0.25, 0.3) is 11.8 Å². The Bertz CT molecular complexity index is 1240. The molecule has 0 saturated carbocycles. The summed E-state index contributed by atoms with van der Waals surface area (Å²) in [6.07, 6.45) is -0.805. The monoisotopic (exact) mass is 490 g/mol. The fourth-order valence-electron chi connectivity index (χ4n) is 3.44. The minimum absolute atomic E-state index is 0.111. The molecule has 0 aliphatic heterocycles. The maximum atomic E-state index is 12.7. The van der Waals surface area contributed by atoms with Gasteiger partial charge in [-0.1, -0.05) is 30.3 Å². The van der Waals surface area contributed by atoms with Crippen molar-refractivity contribution in [2.45, 2.75) is 34.2 Å². The Morgan fingerprint density at radius 3 is 2.28 bits per heavy atom. The molecule has 0 spiro atoms. The number of carbonyl (C=O) groups excluding carboxylic acids is 3. The van der Waals surface area contributed by atoms with Crippen molar-refractivity contribution in [3.8, 4) is 11.5 Å². The molecule has 0 fully saturated rings. The summed E-state index contributed by atoms with van der Waals surface area (Å²) in [7, 11) is 0. The molecule has 36 heavy (non-hydrogen) atoms. The van der Waals surface area contributed by atoms with E-state index >= 15 is 0 Å². The molecule has 0 aliphatic carbocycles. The lowest BCUT2D eigenvalue weighted by molar-refractivity contribution is -0.123. The summed E-state index contributed by atoms with van der Waals surface area (Å²) in [4.78, 5) is 36.6. The molecule has 2 amide bonds. The molecule has 8 heteroatoms. The first-order chi connectivity index (χ1) is 17.3. The van der Waals surface area contributed by atoms with Gasteiger partial charge >= 0.3 is 6.16 Å². The van der Waals surface area contributed by atoms with Gasteiger partial charge in [0.2, 0.25) is 0 Å². The molecule has 0 saturated heterocycles. The van der Waals surface area contributed by atoms with E-state index in [0.29, 0.717) is 11.3 Å². The highest BCUT2D eigenvalue weighted by molar-refractivity contribution is 6.04. The van der Waals surface area contributed by atoms with Crippen molar-refractivity contribution in [1.82, 2.24) is 5.32 Å². The minimum Gasteiger partial charge on any atom is -0.483 e. The molecule has 0 bridgehead atoms. The van der Waals surface area contributed by atoms with Crippen molar-refractivity contribution in [2.24, 2.45) is 0 Å². The first-order valence-corrected chi connectivity index (χ1v) is 11.6. The second kappa shape index (κ2) is 12.4. The zero-order chi connectivity index (χ0) is 26.1. The smallest absolute Gasteiger partial charge is 0.483 e. The number of para-hydroxylation sites is 1. The van der Waals surface area contributed by atoms with E-state index in [2.05, 4.69) is 10.6 Å². The number of anilines is 1. The van der Waals surface area contributed by atoms with Gasteiger partial charge in [0.05, 0.1) is 6.61 Å². The highest BCUT2D eigenvalue weighted by Gasteiger charge is 2.13. The van der Waals surface area contributed by atoms with Crippen LogP contribution in [-0.4, -0.2) is 31.2 Å². The standard InChI is InChI=1S/C28H30N2O6/c1-5-34-28(33)36-23-14-12-21(13-15-23)27(32)30-24-9-7-6-8-22(24)16-29-25(31)17-35-26-19(3)11-10-18(2)20(26)4/h6-15H,5,16-17H2,1-4H3,(H,29,31)(H,30,32). The van der Waals surface area contributed by atoms with Crippen LogP contribution in [0.2, 0.25) is 0 Å². The van der Waals surface area contributed by atoms with Crippen molar-refractivity contribution in [3.05, 3.63) is 88.5 Å². The van der Waals surface area contributed by atoms with Crippen LogP contribution in [0.3, 0.4) is 0 Å². The summed E-state index contributed by atoms with van der Waals surface area (Å²) in [5, 5.41) is 5.69. The summed E-state index contributed by atoms with van der Waals surface area (Å²) in [5.41, 5.74) is 4.77. The van der Waals surface area contributed by atoms with Gasteiger partial charge in [-0.2, -0.15) is 0 Å². The van der Waals surface area contributed by atoms with Crippen LogP contribution in [0, 0.1) is 20.8 Å². The van der Waals surface area contributed by atoms with E-state index in [9.17, 15) is 14.4 Å². The van der Waals surface area contributed by atoms with Crippen molar-refractivity contribution in [1.29, 1.82) is 0 Å². The minimum atomic E-state index is -0.805. The molecule has 3 aromatic carbocycles. The number of hydrogen-bond donors (Lipinski definition) is 2. The number of rotatable bonds is 9. The summed E-state index contributed by atoms with van der Waals surface area (Å²) in [6, 6.07) is 17.3. The predicted octanol–water partition coefficient (Wildman–Crippen LogP) is 5.09. The number of hydrogen-bond acceptors (Lipinski definition) is 6. The normalized spacial score (nSPS) is 10.3. The van der Waals surface area contributed by atoms with Gasteiger partial charge in [-0.15, -0.1) is 0 Å². The average molecular weight is 491 g/mol. The third-order valence-corrected chi connectivity index (χ3v) is 5.54. The van der Waals surface area contributed by atoms with Gasteiger partial charge in [-0.25, -0.2) is 4.79 Å². The van der Waals surface area contributed by atoms with Crippen LogP contribution in [0.15, 0.2) is 60.7 Å². The zero-order valence-electron chi connectivity index (χ0n) is 20.8. The zero-order valence-corrected chi connectivity index (χ0v) is 20.8. The van der Waals surface area contributed by atoms with Crippen LogP contribution in [0.1, 0.15) is 39.5 Å². The molecule has 188 valence electrons. The van der Waals surface area contributed by atoms with Gasteiger partial charge in [0.1, 0.15) is 11.5 Å². The summed E-state index contributed by atoms with van der Waals surface area (Å²) >= 11 is 0. The summed E-state index contributed by atoms with van der Waals surface area (Å²) < 4.78 is 15.5. The molecule has 0 radical (unpaired) electrons. The third kappa shape index (κ3) is 7.09. The molecule has 0 unspecified atom stereocenters. The van der Waals surface area contributed by atoms with Crippen molar-refractivity contribution in [3.63, 3.8) is 0 Å². The quantitative estimate of drug-likeness (QED) is 0.320. The fourth-order valence-corrected chi connectivity index (χ4v) is 3.44. The largest absolute Gasteiger partial charge is 0.513 e. The highest BCUT2D eigenvalue weighted by Crippen LogP contribution is 2.25. The second-order valence-electron chi connectivity index (χ2n) is 8.14. The van der Waals surface area contributed by atoms with E-state index < -0.39 is 6.16 Å². The first-order valence-electron chi connectivity index (χ1n) is 11.6. The number of nitrogens with one attached hydrogen (secondary N) is 2. The molecular weight excluding hydrogens is 460 g/mol. The molecular formula is C28H30N2O6. The van der Waals surface area contributed by atoms with Crippen molar-refractivity contribution < 1.29 is 28.6 Å². The van der Waals surface area contributed by atoms with Crippen LogP contribution >= 0.6 is 0 Å². The van der Waals surface area contributed by atoms with Gasteiger partial charge in [-0.05, 0) is 80.3 Å².